The van der Waals surface area contributed by atoms with Gasteiger partial charge in [0.2, 0.25) is 0 Å². The molecular weight excluding hydrogens is 470 g/mol. The van der Waals surface area contributed by atoms with E-state index in [-0.39, 0.29) is 12.5 Å². The van der Waals surface area contributed by atoms with E-state index in [1.165, 1.54) is 17.3 Å². The van der Waals surface area contributed by atoms with Gasteiger partial charge in [0.25, 0.3) is 5.91 Å². The number of aryl methyl sites for hydroxylation is 1. The normalized spacial score (nSPS) is 18.4. The van der Waals surface area contributed by atoms with Crippen LogP contribution in [0.25, 0.3) is 0 Å². The zero-order chi connectivity index (χ0) is 26.2. The number of hydrogen-bond acceptors (Lipinski definition) is 6. The summed E-state index contributed by atoms with van der Waals surface area (Å²) in [5.41, 5.74) is 9.42. The van der Waals surface area contributed by atoms with Gasteiger partial charge in [-0.1, -0.05) is 17.9 Å². The van der Waals surface area contributed by atoms with Gasteiger partial charge in [-0.15, -0.1) is 0 Å². The topological polar surface area (TPSA) is 119 Å². The molecule has 1 fully saturated rings. The smallest absolute Gasteiger partial charge is 0.341 e. The van der Waals surface area contributed by atoms with Crippen molar-refractivity contribution in [3.8, 4) is 17.6 Å². The molecule has 192 valence electrons. The average Bonchev–Trinajstić information content (AvgIpc) is 3.02. The van der Waals surface area contributed by atoms with Gasteiger partial charge in [0.1, 0.15) is 18.4 Å². The minimum atomic E-state index is -0.900. The Morgan fingerprint density at radius 1 is 1.30 bits per heavy atom. The highest BCUT2D eigenvalue weighted by Crippen LogP contribution is 2.31. The van der Waals surface area contributed by atoms with Crippen LogP contribution in [-0.4, -0.2) is 56.0 Å². The Morgan fingerprint density at radius 2 is 2.11 bits per heavy atom. The largest absolute Gasteiger partial charge is 0.489 e. The van der Waals surface area contributed by atoms with Crippen LogP contribution in [0.1, 0.15) is 29.8 Å². The first-order chi connectivity index (χ1) is 17.9. The van der Waals surface area contributed by atoms with Crippen molar-refractivity contribution in [1.82, 2.24) is 10.3 Å². The number of pyridine rings is 1. The Labute approximate surface area is 216 Å². The lowest BCUT2D eigenvalue weighted by Gasteiger charge is -2.20. The lowest BCUT2D eigenvalue weighted by molar-refractivity contribution is -0.120. The number of nitrogens with one attached hydrogen (secondary N) is 1. The van der Waals surface area contributed by atoms with Crippen molar-refractivity contribution in [2.24, 2.45) is 16.6 Å². The van der Waals surface area contributed by atoms with Crippen LogP contribution in [-0.2, 0) is 16.0 Å². The quantitative estimate of drug-likeness (QED) is 0.491. The SMILES string of the molecule is Cc1cccc(CC(=C/N)/C=N/C(=O)NC2COc3ccc(C#CC4CCOCC4)cc3N(C)C2=O)n1. The molecule has 0 saturated carbocycles. The monoisotopic (exact) mass is 501 g/mol. The molecule has 1 aromatic heterocycles. The molecule has 9 heteroatoms. The summed E-state index contributed by atoms with van der Waals surface area (Å²) in [5.74, 6) is 7.06. The van der Waals surface area contributed by atoms with E-state index in [0.717, 1.165) is 43.0 Å². The molecule has 0 radical (unpaired) electrons. The highest BCUT2D eigenvalue weighted by Gasteiger charge is 2.30. The lowest BCUT2D eigenvalue weighted by Crippen LogP contribution is -2.48. The maximum absolute atomic E-state index is 13.1. The summed E-state index contributed by atoms with van der Waals surface area (Å²) < 4.78 is 11.2. The van der Waals surface area contributed by atoms with Crippen molar-refractivity contribution in [2.45, 2.75) is 32.2 Å². The summed E-state index contributed by atoms with van der Waals surface area (Å²) in [6.07, 6.45) is 5.04. The summed E-state index contributed by atoms with van der Waals surface area (Å²) in [7, 11) is 1.65. The second kappa shape index (κ2) is 12.2. The van der Waals surface area contributed by atoms with Crippen LogP contribution in [0.15, 0.2) is 53.2 Å². The summed E-state index contributed by atoms with van der Waals surface area (Å²) in [4.78, 5) is 35.5. The molecule has 3 heterocycles. The van der Waals surface area contributed by atoms with E-state index < -0.39 is 12.1 Å². The van der Waals surface area contributed by atoms with Crippen LogP contribution < -0.4 is 20.7 Å². The highest BCUT2D eigenvalue weighted by atomic mass is 16.5. The van der Waals surface area contributed by atoms with E-state index in [0.29, 0.717) is 29.3 Å². The number of allylic oxidation sites excluding steroid dienone is 1. The third kappa shape index (κ3) is 6.96. The second-order valence-electron chi connectivity index (χ2n) is 9.00. The van der Waals surface area contributed by atoms with Gasteiger partial charge >= 0.3 is 6.03 Å². The fraction of sp³-hybridized carbons (Fsp3) is 0.357. The number of nitrogens with two attached hydrogens (primary N) is 1. The van der Waals surface area contributed by atoms with Gasteiger partial charge in [-0.05, 0) is 61.9 Å². The number of benzene rings is 1. The van der Waals surface area contributed by atoms with E-state index in [1.807, 2.05) is 37.3 Å². The maximum atomic E-state index is 13.1. The third-order valence-electron chi connectivity index (χ3n) is 6.19. The molecule has 9 nitrogen and oxygen atoms in total. The minimum Gasteiger partial charge on any atom is -0.489 e. The van der Waals surface area contributed by atoms with E-state index in [1.54, 1.807) is 13.1 Å². The van der Waals surface area contributed by atoms with Crippen molar-refractivity contribution in [1.29, 1.82) is 0 Å². The number of nitrogens with zero attached hydrogens (tertiary/aromatic N) is 3. The van der Waals surface area contributed by atoms with E-state index in [2.05, 4.69) is 27.1 Å². The molecule has 2 aliphatic rings. The maximum Gasteiger partial charge on any atom is 0.341 e. The predicted octanol–water partition coefficient (Wildman–Crippen LogP) is 2.76. The number of likely N-dealkylation sites (N-methyl/N-ethyl adjacent to an activating group) is 1. The number of aromatic nitrogens is 1. The molecular formula is C28H31N5O4. The van der Waals surface area contributed by atoms with Crippen LogP contribution in [0, 0.1) is 24.7 Å². The molecule has 0 bridgehead atoms. The molecule has 4 rings (SSSR count). The van der Waals surface area contributed by atoms with E-state index >= 15 is 0 Å². The predicted molar refractivity (Wildman–Crippen MR) is 142 cm³/mol. The van der Waals surface area contributed by atoms with Gasteiger partial charge in [0, 0.05) is 55.8 Å². The van der Waals surface area contributed by atoms with Gasteiger partial charge in [0.15, 0.2) is 0 Å². The second-order valence-corrected chi connectivity index (χ2v) is 9.00. The summed E-state index contributed by atoms with van der Waals surface area (Å²) in [5, 5.41) is 2.63. The molecule has 1 unspecified atom stereocenters. The Balaban J connectivity index is 1.39. The minimum absolute atomic E-state index is 0.0165. The fourth-order valence-electron chi connectivity index (χ4n) is 4.09. The Kier molecular flexibility index (Phi) is 8.54. The van der Waals surface area contributed by atoms with Gasteiger partial charge in [0.05, 0.1) is 5.69 Å². The number of anilines is 1. The number of aliphatic imine (C=N–C) groups is 1. The number of hydrogen-bond donors (Lipinski definition) is 2. The molecule has 3 N–H and O–H groups in total. The number of rotatable bonds is 4. The van der Waals surface area contributed by atoms with E-state index in [9.17, 15) is 9.59 Å². The molecule has 3 amide bonds. The van der Waals surface area contributed by atoms with E-state index in [4.69, 9.17) is 15.2 Å². The van der Waals surface area contributed by atoms with Crippen LogP contribution in [0.2, 0.25) is 0 Å². The number of ether oxygens (including phenoxy) is 2. The Bertz CT molecular complexity index is 1270. The molecule has 1 saturated heterocycles. The van der Waals surface area contributed by atoms with Crippen molar-refractivity contribution in [2.75, 3.05) is 31.8 Å². The summed E-state index contributed by atoms with van der Waals surface area (Å²) in [6, 6.07) is 9.62. The molecule has 1 atom stereocenters. The van der Waals surface area contributed by atoms with Crippen molar-refractivity contribution in [3.05, 3.63) is 65.1 Å². The number of carbonyl (C=O) groups excluding carboxylic acids is 2. The number of urea groups is 1. The molecule has 2 aromatic rings. The lowest BCUT2D eigenvalue weighted by atomic mass is 10.0. The first-order valence-corrected chi connectivity index (χ1v) is 12.2. The van der Waals surface area contributed by atoms with Crippen molar-refractivity contribution < 1.29 is 19.1 Å². The van der Waals surface area contributed by atoms with Gasteiger partial charge in [-0.25, -0.2) is 9.79 Å². The summed E-state index contributed by atoms with van der Waals surface area (Å²) >= 11 is 0. The average molecular weight is 502 g/mol. The molecule has 0 spiro atoms. The number of amides is 3. The Morgan fingerprint density at radius 3 is 2.86 bits per heavy atom. The van der Waals surface area contributed by atoms with Crippen molar-refractivity contribution in [3.63, 3.8) is 0 Å². The number of fused-ring (bicyclic) bond motifs is 1. The summed E-state index contributed by atoms with van der Waals surface area (Å²) in [6.45, 7) is 3.36. The highest BCUT2D eigenvalue weighted by molar-refractivity contribution is 6.01. The van der Waals surface area contributed by atoms with Crippen LogP contribution >= 0.6 is 0 Å². The zero-order valence-electron chi connectivity index (χ0n) is 21.1. The van der Waals surface area contributed by atoms with Gasteiger partial charge < -0.3 is 25.4 Å². The molecule has 37 heavy (non-hydrogen) atoms. The molecule has 0 aliphatic carbocycles. The van der Waals surface area contributed by atoms with Crippen molar-refractivity contribution >= 4 is 23.8 Å². The van der Waals surface area contributed by atoms with Crippen LogP contribution in [0.3, 0.4) is 0 Å². The van der Waals surface area contributed by atoms with Crippen LogP contribution in [0.5, 0.6) is 5.75 Å². The standard InChI is InChI=1S/C28H31N5O4/c1-19-4-3-5-23(31-19)14-22(16-29)17-30-28(35)32-24-18-37-26-9-8-21(15-25(26)33(2)27(24)34)7-6-20-10-12-36-13-11-20/h3-5,8-9,15-17,20,24H,10-14,18,29H2,1-2H3,(H,32,35)/b22-16-,30-17+. The van der Waals surface area contributed by atoms with Gasteiger partial charge in [-0.3, -0.25) is 9.78 Å². The fourth-order valence-corrected chi connectivity index (χ4v) is 4.09. The molecule has 2 aliphatic heterocycles. The molecule has 1 aromatic carbocycles. The first-order valence-electron chi connectivity index (χ1n) is 12.2. The third-order valence-corrected chi connectivity index (χ3v) is 6.19. The zero-order valence-corrected chi connectivity index (χ0v) is 21.1. The Hall–Kier alpha value is -4.16. The van der Waals surface area contributed by atoms with Crippen LogP contribution in [0.4, 0.5) is 10.5 Å². The number of carbonyl (C=O) groups is 2. The first kappa shape index (κ1) is 25.9. The van der Waals surface area contributed by atoms with Gasteiger partial charge in [-0.2, -0.15) is 0 Å².